The van der Waals surface area contributed by atoms with E-state index in [-0.39, 0.29) is 29.7 Å². The van der Waals surface area contributed by atoms with Crippen LogP contribution < -0.4 is 4.90 Å². The van der Waals surface area contributed by atoms with E-state index in [0.717, 1.165) is 10.6 Å². The Morgan fingerprint density at radius 1 is 1.06 bits per heavy atom. The molecule has 32 heavy (non-hydrogen) atoms. The van der Waals surface area contributed by atoms with Crippen LogP contribution in [0.3, 0.4) is 0 Å². The Hall–Kier alpha value is -2.74. The molecule has 1 aliphatic heterocycles. The number of rotatable bonds is 4. The van der Waals surface area contributed by atoms with Gasteiger partial charge in [0.25, 0.3) is 5.78 Å². The number of halogens is 2. The van der Waals surface area contributed by atoms with Gasteiger partial charge in [0.05, 0.1) is 11.6 Å². The van der Waals surface area contributed by atoms with E-state index in [1.165, 1.54) is 16.2 Å². The SMILES string of the molecule is Cc1ccc(C2C(=C(O)c3ccc(Cl)cc3)C(=O)C(=O)N2c2nnc(C(C)C)s2)cc1.Cl. The van der Waals surface area contributed by atoms with E-state index in [1.807, 2.05) is 45.0 Å². The fourth-order valence-electron chi connectivity index (χ4n) is 3.41. The molecule has 1 unspecified atom stereocenters. The molecule has 2 aromatic carbocycles. The van der Waals surface area contributed by atoms with Crippen LogP contribution in [0.4, 0.5) is 5.13 Å². The Bertz CT molecular complexity index is 1190. The Balaban J connectivity index is 0.00000289. The summed E-state index contributed by atoms with van der Waals surface area (Å²) in [6.45, 7) is 5.92. The standard InChI is InChI=1S/C23H20ClN3O3S.ClH/c1-12(2)21-25-26-23(31-21)27-18(14-6-4-13(3)5-7-14)17(20(29)22(27)30)19(28)15-8-10-16(24)11-9-15;/h4-12,18,28H,1-3H3;1H. The van der Waals surface area contributed by atoms with Crippen LogP contribution in [-0.2, 0) is 9.59 Å². The van der Waals surface area contributed by atoms with E-state index in [0.29, 0.717) is 21.3 Å². The van der Waals surface area contributed by atoms with E-state index in [2.05, 4.69) is 10.2 Å². The van der Waals surface area contributed by atoms with E-state index in [4.69, 9.17) is 11.6 Å². The van der Waals surface area contributed by atoms with Crippen molar-refractivity contribution in [3.63, 3.8) is 0 Å². The van der Waals surface area contributed by atoms with E-state index in [1.54, 1.807) is 24.3 Å². The number of benzene rings is 2. The second-order valence-corrected chi connectivity index (χ2v) is 9.09. The third-order valence-corrected chi connectivity index (χ3v) is 6.56. The lowest BCUT2D eigenvalue weighted by Gasteiger charge is -2.22. The van der Waals surface area contributed by atoms with Gasteiger partial charge in [-0.15, -0.1) is 22.6 Å². The van der Waals surface area contributed by atoms with Crippen LogP contribution >= 0.6 is 35.3 Å². The lowest BCUT2D eigenvalue weighted by molar-refractivity contribution is -0.132. The number of aliphatic hydroxyl groups excluding tert-OH is 1. The summed E-state index contributed by atoms with van der Waals surface area (Å²) in [5.74, 6) is -1.63. The maximum atomic E-state index is 13.1. The van der Waals surface area contributed by atoms with Gasteiger partial charge < -0.3 is 5.11 Å². The van der Waals surface area contributed by atoms with E-state index < -0.39 is 17.7 Å². The van der Waals surface area contributed by atoms with Gasteiger partial charge in [0, 0.05) is 16.5 Å². The number of aliphatic hydroxyl groups is 1. The molecule has 1 aliphatic rings. The van der Waals surface area contributed by atoms with Crippen molar-refractivity contribution < 1.29 is 14.7 Å². The molecule has 0 aliphatic carbocycles. The molecule has 0 spiro atoms. The van der Waals surface area contributed by atoms with Crippen LogP contribution in [0.1, 0.15) is 47.5 Å². The quantitative estimate of drug-likeness (QED) is 0.289. The average Bonchev–Trinajstić information content (AvgIpc) is 3.32. The fourth-order valence-corrected chi connectivity index (χ4v) is 4.41. The second-order valence-electron chi connectivity index (χ2n) is 7.66. The smallest absolute Gasteiger partial charge is 0.301 e. The first-order chi connectivity index (χ1) is 14.8. The lowest BCUT2D eigenvalue weighted by atomic mass is 9.95. The molecule has 0 saturated carbocycles. The lowest BCUT2D eigenvalue weighted by Crippen LogP contribution is -2.29. The Kier molecular flexibility index (Phi) is 7.03. The number of anilines is 1. The molecule has 9 heteroatoms. The average molecular weight is 490 g/mol. The first-order valence-electron chi connectivity index (χ1n) is 9.75. The first-order valence-corrected chi connectivity index (χ1v) is 10.9. The van der Waals surface area contributed by atoms with Crippen LogP contribution in [0.5, 0.6) is 0 Å². The van der Waals surface area contributed by atoms with Gasteiger partial charge in [-0.2, -0.15) is 0 Å². The Morgan fingerprint density at radius 2 is 1.69 bits per heavy atom. The molecule has 3 aromatic rings. The van der Waals surface area contributed by atoms with Gasteiger partial charge in [0.1, 0.15) is 10.8 Å². The molecule has 166 valence electrons. The minimum atomic E-state index is -0.816. The molecule has 1 N–H and O–H groups in total. The van der Waals surface area contributed by atoms with Crippen molar-refractivity contribution in [1.29, 1.82) is 0 Å². The predicted octanol–water partition coefficient (Wildman–Crippen LogP) is 5.67. The second kappa shape index (κ2) is 9.40. The monoisotopic (exact) mass is 489 g/mol. The van der Waals surface area contributed by atoms with Gasteiger partial charge in [-0.05, 0) is 36.8 Å². The van der Waals surface area contributed by atoms with Crippen molar-refractivity contribution in [3.8, 4) is 0 Å². The zero-order valence-electron chi connectivity index (χ0n) is 17.6. The highest BCUT2D eigenvalue weighted by Gasteiger charge is 2.48. The molecule has 1 aromatic heterocycles. The number of amides is 1. The maximum Gasteiger partial charge on any atom is 0.301 e. The normalized spacial score (nSPS) is 17.7. The molecular weight excluding hydrogens is 469 g/mol. The Labute approximate surface area is 201 Å². The summed E-state index contributed by atoms with van der Waals surface area (Å²) in [6, 6.07) is 13.1. The summed E-state index contributed by atoms with van der Waals surface area (Å²) >= 11 is 7.22. The highest BCUT2D eigenvalue weighted by Crippen LogP contribution is 2.43. The van der Waals surface area contributed by atoms with Crippen LogP contribution in [0.25, 0.3) is 5.76 Å². The molecule has 0 radical (unpaired) electrons. The third-order valence-electron chi connectivity index (χ3n) is 5.09. The van der Waals surface area contributed by atoms with E-state index in [9.17, 15) is 14.7 Å². The largest absolute Gasteiger partial charge is 0.507 e. The molecule has 0 bridgehead atoms. The molecule has 1 atom stereocenters. The number of ketones is 1. The number of nitrogens with zero attached hydrogens (tertiary/aromatic N) is 3. The number of carbonyl (C=O) groups excluding carboxylic acids is 2. The van der Waals surface area contributed by atoms with Crippen LogP contribution in [-0.4, -0.2) is 27.0 Å². The third kappa shape index (κ3) is 4.28. The van der Waals surface area contributed by atoms with Crippen molar-refractivity contribution >= 4 is 57.9 Å². The zero-order valence-corrected chi connectivity index (χ0v) is 20.0. The summed E-state index contributed by atoms with van der Waals surface area (Å²) in [5, 5.41) is 21.0. The molecular formula is C23H21Cl2N3O3S. The molecule has 6 nitrogen and oxygen atoms in total. The number of carbonyl (C=O) groups is 2. The van der Waals surface area contributed by atoms with Gasteiger partial charge in [-0.3, -0.25) is 14.5 Å². The highest BCUT2D eigenvalue weighted by molar-refractivity contribution is 7.15. The minimum Gasteiger partial charge on any atom is -0.507 e. The molecule has 4 rings (SSSR count). The van der Waals surface area contributed by atoms with Crippen molar-refractivity contribution in [2.75, 3.05) is 4.90 Å². The van der Waals surface area contributed by atoms with Crippen molar-refractivity contribution in [2.45, 2.75) is 32.7 Å². The zero-order chi connectivity index (χ0) is 22.3. The Morgan fingerprint density at radius 3 is 2.25 bits per heavy atom. The molecule has 1 fully saturated rings. The van der Waals surface area contributed by atoms with Gasteiger partial charge in [-0.1, -0.05) is 66.6 Å². The number of hydrogen-bond acceptors (Lipinski definition) is 6. The molecule has 1 saturated heterocycles. The van der Waals surface area contributed by atoms with Crippen molar-refractivity contribution in [1.82, 2.24) is 10.2 Å². The van der Waals surface area contributed by atoms with E-state index >= 15 is 0 Å². The summed E-state index contributed by atoms with van der Waals surface area (Å²) in [5.41, 5.74) is 2.15. The predicted molar refractivity (Wildman–Crippen MR) is 129 cm³/mol. The highest BCUT2D eigenvalue weighted by atomic mass is 35.5. The van der Waals surface area contributed by atoms with Crippen LogP contribution in [0, 0.1) is 6.92 Å². The number of aryl methyl sites for hydroxylation is 1. The van der Waals surface area contributed by atoms with Gasteiger partial charge in [0.15, 0.2) is 0 Å². The molecule has 2 heterocycles. The summed E-state index contributed by atoms with van der Waals surface area (Å²) < 4.78 is 0. The minimum absolute atomic E-state index is 0. The van der Waals surface area contributed by atoms with Gasteiger partial charge in [-0.25, -0.2) is 0 Å². The summed E-state index contributed by atoms with van der Waals surface area (Å²) in [6.07, 6.45) is 0. The van der Waals surface area contributed by atoms with Gasteiger partial charge in [0.2, 0.25) is 5.13 Å². The summed E-state index contributed by atoms with van der Waals surface area (Å²) in [4.78, 5) is 27.5. The fraction of sp³-hybridized carbons (Fsp3) is 0.217. The number of aromatic nitrogens is 2. The number of Topliss-reactive ketones (excluding diaryl/α,β-unsaturated/α-hetero) is 1. The maximum absolute atomic E-state index is 13.1. The van der Waals surface area contributed by atoms with Gasteiger partial charge >= 0.3 is 5.91 Å². The number of hydrogen-bond donors (Lipinski definition) is 1. The van der Waals surface area contributed by atoms with Crippen LogP contribution in [0.15, 0.2) is 54.1 Å². The van der Waals surface area contributed by atoms with Crippen LogP contribution in [0.2, 0.25) is 5.02 Å². The van der Waals surface area contributed by atoms with Crippen molar-refractivity contribution in [3.05, 3.63) is 80.8 Å². The van der Waals surface area contributed by atoms with Crippen molar-refractivity contribution in [2.24, 2.45) is 0 Å². The first kappa shape index (κ1) is 23.9. The topological polar surface area (TPSA) is 83.4 Å². The molecule has 1 amide bonds. The summed E-state index contributed by atoms with van der Waals surface area (Å²) in [7, 11) is 0.